The Bertz CT molecular complexity index is 534. The number of nitrogens with one attached hydrogen (secondary N) is 2. The number of fused-ring (bicyclic) bond motifs is 1. The number of thioether (sulfide) groups is 1. The Morgan fingerprint density at radius 2 is 2.33 bits per heavy atom. The predicted molar refractivity (Wildman–Crippen MR) is 85.0 cm³/mol. The van der Waals surface area contributed by atoms with E-state index in [1.54, 1.807) is 31.0 Å². The number of anilines is 1. The number of amides is 2. The van der Waals surface area contributed by atoms with Crippen LogP contribution in [0, 0.1) is 0 Å². The second kappa shape index (κ2) is 7.36. The van der Waals surface area contributed by atoms with Crippen LogP contribution >= 0.6 is 11.8 Å². The third-order valence-corrected chi connectivity index (χ3v) is 4.27. The molecule has 2 rings (SSSR count). The van der Waals surface area contributed by atoms with E-state index in [2.05, 4.69) is 17.6 Å². The third-order valence-electron chi connectivity index (χ3n) is 3.36. The molecule has 114 valence electrons. The smallest absolute Gasteiger partial charge is 0.228 e. The third kappa shape index (κ3) is 3.91. The molecule has 2 N–H and O–H groups in total. The normalized spacial score (nSPS) is 16.9. The van der Waals surface area contributed by atoms with E-state index < -0.39 is 5.92 Å². The van der Waals surface area contributed by atoms with E-state index in [0.29, 0.717) is 18.0 Å². The molecule has 0 unspecified atom stereocenters. The van der Waals surface area contributed by atoms with Crippen LogP contribution in [0.25, 0.3) is 0 Å². The predicted octanol–water partition coefficient (Wildman–Crippen LogP) is 1.99. The lowest BCUT2D eigenvalue weighted by Gasteiger charge is -2.25. The Morgan fingerprint density at radius 3 is 3.05 bits per heavy atom. The highest BCUT2D eigenvalue weighted by Crippen LogP contribution is 2.34. The molecule has 0 aromatic heterocycles. The Morgan fingerprint density at radius 1 is 1.52 bits per heavy atom. The van der Waals surface area contributed by atoms with E-state index in [-0.39, 0.29) is 18.2 Å². The quantitative estimate of drug-likeness (QED) is 0.789. The zero-order chi connectivity index (χ0) is 15.2. The number of methoxy groups -OCH3 is 1. The van der Waals surface area contributed by atoms with Crippen LogP contribution in [0.15, 0.2) is 18.2 Å². The molecule has 2 amide bonds. The minimum atomic E-state index is -0.449. The summed E-state index contributed by atoms with van der Waals surface area (Å²) >= 11 is 1.77. The summed E-state index contributed by atoms with van der Waals surface area (Å²) in [7, 11) is 1.58. The van der Waals surface area contributed by atoms with Gasteiger partial charge < -0.3 is 15.4 Å². The lowest BCUT2D eigenvalue weighted by Crippen LogP contribution is -2.36. The summed E-state index contributed by atoms with van der Waals surface area (Å²) in [5.74, 6) is 1.92. The van der Waals surface area contributed by atoms with Crippen molar-refractivity contribution in [3.05, 3.63) is 23.8 Å². The molecule has 0 spiro atoms. The Kier molecular flexibility index (Phi) is 5.50. The molecule has 1 atom stereocenters. The fraction of sp³-hybridized carbons (Fsp3) is 0.467. The number of benzene rings is 1. The van der Waals surface area contributed by atoms with Crippen LogP contribution in [-0.4, -0.2) is 37.0 Å². The SMILES string of the molecule is CCSCCNC(=O)[C@@H]1CC(=O)Nc2ccc(OC)cc21. The minimum absolute atomic E-state index is 0.101. The second-order valence-corrected chi connectivity index (χ2v) is 6.14. The first-order valence-electron chi connectivity index (χ1n) is 6.99. The van der Waals surface area contributed by atoms with Crippen LogP contribution in [0.5, 0.6) is 5.75 Å². The Labute approximate surface area is 128 Å². The zero-order valence-electron chi connectivity index (χ0n) is 12.3. The minimum Gasteiger partial charge on any atom is -0.497 e. The van der Waals surface area contributed by atoms with Crippen molar-refractivity contribution < 1.29 is 14.3 Å². The molecule has 1 aromatic rings. The summed E-state index contributed by atoms with van der Waals surface area (Å²) in [6, 6.07) is 5.37. The van der Waals surface area contributed by atoms with Gasteiger partial charge >= 0.3 is 0 Å². The number of rotatable bonds is 6. The van der Waals surface area contributed by atoms with Gasteiger partial charge in [0.1, 0.15) is 5.75 Å². The Balaban J connectivity index is 2.12. The number of carbonyl (C=O) groups is 2. The highest BCUT2D eigenvalue weighted by atomic mass is 32.2. The molecule has 0 saturated heterocycles. The maximum Gasteiger partial charge on any atom is 0.228 e. The van der Waals surface area contributed by atoms with Crippen LogP contribution < -0.4 is 15.4 Å². The molecule has 0 aliphatic carbocycles. The lowest BCUT2D eigenvalue weighted by atomic mass is 9.89. The van der Waals surface area contributed by atoms with Crippen LogP contribution in [0.1, 0.15) is 24.8 Å². The molecule has 0 radical (unpaired) electrons. The van der Waals surface area contributed by atoms with Gasteiger partial charge in [0.25, 0.3) is 0 Å². The fourth-order valence-corrected chi connectivity index (χ4v) is 2.85. The molecule has 0 bridgehead atoms. The van der Waals surface area contributed by atoms with Gasteiger partial charge in [-0.1, -0.05) is 6.92 Å². The van der Waals surface area contributed by atoms with E-state index in [0.717, 1.165) is 17.1 Å². The summed E-state index contributed by atoms with van der Waals surface area (Å²) in [6.45, 7) is 2.70. The second-order valence-electron chi connectivity index (χ2n) is 4.75. The van der Waals surface area contributed by atoms with E-state index >= 15 is 0 Å². The van der Waals surface area contributed by atoms with Crippen LogP contribution in [-0.2, 0) is 9.59 Å². The summed E-state index contributed by atoms with van der Waals surface area (Å²) in [5, 5.41) is 5.70. The molecule has 5 nitrogen and oxygen atoms in total. The van der Waals surface area contributed by atoms with Gasteiger partial charge in [-0.3, -0.25) is 9.59 Å². The van der Waals surface area contributed by atoms with Crippen molar-refractivity contribution in [3.63, 3.8) is 0 Å². The van der Waals surface area contributed by atoms with Crippen molar-refractivity contribution >= 4 is 29.3 Å². The number of hydrogen-bond donors (Lipinski definition) is 2. The van der Waals surface area contributed by atoms with Gasteiger partial charge in [0.05, 0.1) is 13.0 Å². The van der Waals surface area contributed by atoms with Crippen molar-refractivity contribution in [1.82, 2.24) is 5.32 Å². The molecule has 1 aromatic carbocycles. The maximum atomic E-state index is 12.3. The van der Waals surface area contributed by atoms with E-state index in [9.17, 15) is 9.59 Å². The highest BCUT2D eigenvalue weighted by molar-refractivity contribution is 7.99. The van der Waals surface area contributed by atoms with Crippen molar-refractivity contribution in [3.8, 4) is 5.75 Å². The largest absolute Gasteiger partial charge is 0.497 e. The van der Waals surface area contributed by atoms with Gasteiger partial charge in [0, 0.05) is 24.4 Å². The van der Waals surface area contributed by atoms with Crippen molar-refractivity contribution in [1.29, 1.82) is 0 Å². The number of ether oxygens (including phenoxy) is 1. The number of hydrogen-bond acceptors (Lipinski definition) is 4. The fourth-order valence-electron chi connectivity index (χ4n) is 2.31. The van der Waals surface area contributed by atoms with Gasteiger partial charge in [-0.2, -0.15) is 11.8 Å². The summed E-state index contributed by atoms with van der Waals surface area (Å²) in [5.41, 5.74) is 1.50. The number of carbonyl (C=O) groups excluding carboxylic acids is 2. The van der Waals surface area contributed by atoms with Crippen LogP contribution in [0.2, 0.25) is 0 Å². The summed E-state index contributed by atoms with van der Waals surface area (Å²) in [6.07, 6.45) is 0.174. The molecule has 0 fully saturated rings. The molecular weight excluding hydrogens is 288 g/mol. The summed E-state index contributed by atoms with van der Waals surface area (Å²) < 4.78 is 5.20. The maximum absolute atomic E-state index is 12.3. The first kappa shape index (κ1) is 15.7. The average Bonchev–Trinajstić information content (AvgIpc) is 2.50. The van der Waals surface area contributed by atoms with Gasteiger partial charge in [0.15, 0.2) is 0 Å². The molecule has 1 heterocycles. The summed E-state index contributed by atoms with van der Waals surface area (Å²) in [4.78, 5) is 24.1. The topological polar surface area (TPSA) is 67.4 Å². The van der Waals surface area contributed by atoms with Gasteiger partial charge in [-0.05, 0) is 29.5 Å². The molecule has 21 heavy (non-hydrogen) atoms. The van der Waals surface area contributed by atoms with Gasteiger partial charge in [-0.15, -0.1) is 0 Å². The Hall–Kier alpha value is -1.69. The monoisotopic (exact) mass is 308 g/mol. The first-order valence-corrected chi connectivity index (χ1v) is 8.14. The van der Waals surface area contributed by atoms with E-state index in [1.165, 1.54) is 0 Å². The van der Waals surface area contributed by atoms with E-state index in [4.69, 9.17) is 4.74 Å². The molecule has 1 aliphatic rings. The molecule has 0 saturated carbocycles. The van der Waals surface area contributed by atoms with Gasteiger partial charge in [0.2, 0.25) is 11.8 Å². The average molecular weight is 308 g/mol. The molecular formula is C15H20N2O3S. The molecule has 6 heteroatoms. The van der Waals surface area contributed by atoms with Crippen LogP contribution in [0.3, 0.4) is 0 Å². The van der Waals surface area contributed by atoms with Crippen LogP contribution in [0.4, 0.5) is 5.69 Å². The van der Waals surface area contributed by atoms with E-state index in [1.807, 2.05) is 6.07 Å². The van der Waals surface area contributed by atoms with Crippen molar-refractivity contribution in [2.24, 2.45) is 0 Å². The standard InChI is InChI=1S/C15H20N2O3S/c1-3-21-7-6-16-15(19)12-9-14(18)17-13-5-4-10(20-2)8-11(12)13/h4-5,8,12H,3,6-7,9H2,1-2H3,(H,16,19)(H,17,18)/t12-/m1/s1. The van der Waals surface area contributed by atoms with Crippen molar-refractivity contribution in [2.45, 2.75) is 19.3 Å². The van der Waals surface area contributed by atoms with Gasteiger partial charge in [-0.25, -0.2) is 0 Å². The first-order chi connectivity index (χ1) is 10.2. The van der Waals surface area contributed by atoms with Crippen molar-refractivity contribution in [2.75, 3.05) is 30.5 Å². The lowest BCUT2D eigenvalue weighted by molar-refractivity contribution is -0.126. The zero-order valence-corrected chi connectivity index (χ0v) is 13.1. The molecule has 1 aliphatic heterocycles. The highest BCUT2D eigenvalue weighted by Gasteiger charge is 2.30.